The highest BCUT2D eigenvalue weighted by atomic mass is 19.1. The van der Waals surface area contributed by atoms with Gasteiger partial charge >= 0.3 is 0 Å². The smallest absolute Gasteiger partial charge is 0.230 e. The maximum absolute atomic E-state index is 13.7. The number of aryl methyl sites for hydroxylation is 1. The number of anilines is 1. The predicted octanol–water partition coefficient (Wildman–Crippen LogP) is 3.02. The molecule has 2 rings (SSSR count). The molecular formula is C13H15FN2O2. The lowest BCUT2D eigenvalue weighted by Crippen LogP contribution is -1.93. The van der Waals surface area contributed by atoms with Gasteiger partial charge in [0.25, 0.3) is 0 Å². The van der Waals surface area contributed by atoms with Gasteiger partial charge in [0.15, 0.2) is 11.6 Å². The van der Waals surface area contributed by atoms with Crippen molar-refractivity contribution in [2.24, 2.45) is 0 Å². The number of halogens is 1. The molecule has 0 bridgehead atoms. The van der Waals surface area contributed by atoms with Crippen molar-refractivity contribution in [3.63, 3.8) is 0 Å². The van der Waals surface area contributed by atoms with Crippen LogP contribution in [-0.4, -0.2) is 12.3 Å². The molecule has 0 spiro atoms. The number of rotatable bonds is 4. The second-order valence-electron chi connectivity index (χ2n) is 3.97. The van der Waals surface area contributed by atoms with Crippen molar-refractivity contribution < 1.29 is 13.7 Å². The summed E-state index contributed by atoms with van der Waals surface area (Å²) in [6.45, 7) is 2.03. The lowest BCUT2D eigenvalue weighted by molar-refractivity contribution is 0.386. The Kier molecular flexibility index (Phi) is 3.50. The van der Waals surface area contributed by atoms with Crippen LogP contribution in [0.1, 0.15) is 19.0 Å². The molecule has 18 heavy (non-hydrogen) atoms. The zero-order chi connectivity index (χ0) is 13.1. The molecule has 4 nitrogen and oxygen atoms in total. The third-order valence-corrected chi connectivity index (χ3v) is 2.72. The molecule has 0 radical (unpaired) electrons. The molecule has 1 heterocycles. The molecule has 0 atom stereocenters. The minimum absolute atomic E-state index is 0.200. The van der Waals surface area contributed by atoms with Crippen LogP contribution in [0.4, 0.5) is 10.3 Å². The number of hydrogen-bond acceptors (Lipinski definition) is 4. The van der Waals surface area contributed by atoms with E-state index in [1.807, 2.05) is 6.92 Å². The minimum atomic E-state index is -0.432. The molecule has 5 heteroatoms. The Balaban J connectivity index is 2.48. The second-order valence-corrected chi connectivity index (χ2v) is 3.97. The maximum atomic E-state index is 13.7. The van der Waals surface area contributed by atoms with E-state index in [4.69, 9.17) is 15.0 Å². The van der Waals surface area contributed by atoms with Crippen molar-refractivity contribution in [1.82, 2.24) is 5.16 Å². The lowest BCUT2D eigenvalue weighted by atomic mass is 10.0. The number of nitrogens with two attached hydrogens (primary N) is 1. The monoisotopic (exact) mass is 250 g/mol. The van der Waals surface area contributed by atoms with Gasteiger partial charge in [0.2, 0.25) is 5.88 Å². The highest BCUT2D eigenvalue weighted by molar-refractivity contribution is 5.75. The van der Waals surface area contributed by atoms with Crippen LogP contribution < -0.4 is 10.5 Å². The standard InChI is InChI=1S/C13H15FN2O2/c1-3-4-10-12(13(15)18-16-10)8-5-6-11(17-2)9(14)7-8/h5-7H,3-4,15H2,1-2H3. The van der Waals surface area contributed by atoms with Crippen molar-refractivity contribution in [2.75, 3.05) is 12.8 Å². The Bertz CT molecular complexity index is 552. The fourth-order valence-corrected chi connectivity index (χ4v) is 1.88. The highest BCUT2D eigenvalue weighted by Gasteiger charge is 2.16. The molecule has 1 aromatic carbocycles. The topological polar surface area (TPSA) is 61.3 Å². The third kappa shape index (κ3) is 2.16. The molecular weight excluding hydrogens is 235 g/mol. The Hall–Kier alpha value is -2.04. The molecule has 0 amide bonds. The first-order chi connectivity index (χ1) is 8.67. The van der Waals surface area contributed by atoms with E-state index in [1.54, 1.807) is 12.1 Å². The normalized spacial score (nSPS) is 10.6. The van der Waals surface area contributed by atoms with Crippen LogP contribution in [-0.2, 0) is 6.42 Å². The molecule has 0 saturated carbocycles. The number of hydrogen-bond donors (Lipinski definition) is 1. The van der Waals surface area contributed by atoms with Gasteiger partial charge in [0.1, 0.15) is 0 Å². The number of aromatic nitrogens is 1. The second kappa shape index (κ2) is 5.08. The number of nitrogens with zero attached hydrogens (tertiary/aromatic N) is 1. The third-order valence-electron chi connectivity index (χ3n) is 2.72. The molecule has 96 valence electrons. The van der Waals surface area contributed by atoms with Crippen molar-refractivity contribution in [3.8, 4) is 16.9 Å². The van der Waals surface area contributed by atoms with Crippen LogP contribution in [0.2, 0.25) is 0 Å². The molecule has 2 N–H and O–H groups in total. The molecule has 1 aromatic heterocycles. The van der Waals surface area contributed by atoms with Gasteiger partial charge in [-0.25, -0.2) is 4.39 Å². The molecule has 0 fully saturated rings. The van der Waals surface area contributed by atoms with Crippen LogP contribution >= 0.6 is 0 Å². The summed E-state index contributed by atoms with van der Waals surface area (Å²) in [5.74, 6) is -0.0214. The summed E-state index contributed by atoms with van der Waals surface area (Å²) in [6.07, 6.45) is 1.65. The Morgan fingerprint density at radius 2 is 2.22 bits per heavy atom. The van der Waals surface area contributed by atoms with Gasteiger partial charge < -0.3 is 15.0 Å². The number of benzene rings is 1. The van der Waals surface area contributed by atoms with Gasteiger partial charge in [-0.2, -0.15) is 0 Å². The van der Waals surface area contributed by atoms with Gasteiger partial charge in [-0.15, -0.1) is 0 Å². The van der Waals surface area contributed by atoms with Gasteiger partial charge in [-0.3, -0.25) is 0 Å². The maximum Gasteiger partial charge on any atom is 0.230 e. The average Bonchev–Trinajstić information content (AvgIpc) is 2.71. The molecule has 0 aliphatic rings. The number of methoxy groups -OCH3 is 1. The number of ether oxygens (including phenoxy) is 1. The van der Waals surface area contributed by atoms with Crippen molar-refractivity contribution >= 4 is 5.88 Å². The molecule has 0 aliphatic heterocycles. The van der Waals surface area contributed by atoms with E-state index < -0.39 is 5.82 Å². The molecule has 0 aliphatic carbocycles. The van der Waals surface area contributed by atoms with Crippen LogP contribution in [0.15, 0.2) is 22.7 Å². The van der Waals surface area contributed by atoms with Crippen molar-refractivity contribution in [2.45, 2.75) is 19.8 Å². The number of nitrogen functional groups attached to an aromatic ring is 1. The van der Waals surface area contributed by atoms with E-state index in [2.05, 4.69) is 5.16 Å². The van der Waals surface area contributed by atoms with Gasteiger partial charge in [0, 0.05) is 0 Å². The van der Waals surface area contributed by atoms with E-state index in [0.717, 1.165) is 18.5 Å². The minimum Gasteiger partial charge on any atom is -0.494 e. The van der Waals surface area contributed by atoms with E-state index in [0.29, 0.717) is 11.1 Å². The lowest BCUT2D eigenvalue weighted by Gasteiger charge is -2.05. The first-order valence-electron chi connectivity index (χ1n) is 5.75. The largest absolute Gasteiger partial charge is 0.494 e. The summed E-state index contributed by atoms with van der Waals surface area (Å²) >= 11 is 0. The Morgan fingerprint density at radius 3 is 2.83 bits per heavy atom. The SMILES string of the molecule is CCCc1noc(N)c1-c1ccc(OC)c(F)c1. The first kappa shape index (κ1) is 12.4. The Labute approximate surface area is 105 Å². The summed E-state index contributed by atoms with van der Waals surface area (Å²) in [6, 6.07) is 4.68. The average molecular weight is 250 g/mol. The van der Waals surface area contributed by atoms with Crippen molar-refractivity contribution in [3.05, 3.63) is 29.7 Å². The van der Waals surface area contributed by atoms with Crippen LogP contribution in [0, 0.1) is 5.82 Å². The molecule has 0 unspecified atom stereocenters. The predicted molar refractivity (Wildman–Crippen MR) is 66.9 cm³/mol. The summed E-state index contributed by atoms with van der Waals surface area (Å²) in [5, 5.41) is 3.90. The summed E-state index contributed by atoms with van der Waals surface area (Å²) in [7, 11) is 1.42. The summed E-state index contributed by atoms with van der Waals surface area (Å²) in [4.78, 5) is 0. The molecule has 0 saturated heterocycles. The van der Waals surface area contributed by atoms with E-state index in [-0.39, 0.29) is 11.6 Å². The van der Waals surface area contributed by atoms with Crippen LogP contribution in [0.25, 0.3) is 11.1 Å². The van der Waals surface area contributed by atoms with Crippen LogP contribution in [0.5, 0.6) is 5.75 Å². The van der Waals surface area contributed by atoms with Crippen molar-refractivity contribution in [1.29, 1.82) is 0 Å². The molecule has 2 aromatic rings. The fourth-order valence-electron chi connectivity index (χ4n) is 1.88. The van der Waals surface area contributed by atoms with Gasteiger partial charge in [-0.1, -0.05) is 24.6 Å². The summed E-state index contributed by atoms with van der Waals surface area (Å²) < 4.78 is 23.5. The highest BCUT2D eigenvalue weighted by Crippen LogP contribution is 2.32. The first-order valence-corrected chi connectivity index (χ1v) is 5.75. The van der Waals surface area contributed by atoms with Gasteiger partial charge in [0.05, 0.1) is 18.4 Å². The summed E-state index contributed by atoms with van der Waals surface area (Å²) in [5.41, 5.74) is 7.80. The van der Waals surface area contributed by atoms with Crippen LogP contribution in [0.3, 0.4) is 0 Å². The van der Waals surface area contributed by atoms with E-state index >= 15 is 0 Å². The Morgan fingerprint density at radius 1 is 1.44 bits per heavy atom. The zero-order valence-corrected chi connectivity index (χ0v) is 10.4. The quantitative estimate of drug-likeness (QED) is 0.906. The van der Waals surface area contributed by atoms with E-state index in [9.17, 15) is 4.39 Å². The van der Waals surface area contributed by atoms with Gasteiger partial charge in [-0.05, 0) is 24.1 Å². The fraction of sp³-hybridized carbons (Fsp3) is 0.308. The zero-order valence-electron chi connectivity index (χ0n) is 10.4. The van der Waals surface area contributed by atoms with E-state index in [1.165, 1.54) is 13.2 Å².